The lowest BCUT2D eigenvalue weighted by Gasteiger charge is -2.35. The van der Waals surface area contributed by atoms with Gasteiger partial charge in [0.05, 0.1) is 11.1 Å². The van der Waals surface area contributed by atoms with Crippen molar-refractivity contribution in [3.8, 4) is 10.4 Å². The summed E-state index contributed by atoms with van der Waals surface area (Å²) in [6.07, 6.45) is 1.55. The Kier molecular flexibility index (Phi) is 6.63. The van der Waals surface area contributed by atoms with Gasteiger partial charge >= 0.3 is 6.18 Å². The van der Waals surface area contributed by atoms with E-state index in [2.05, 4.69) is 20.3 Å². The maximum absolute atomic E-state index is 13.1. The lowest BCUT2D eigenvalue weighted by molar-refractivity contribution is -0.141. The average molecular weight is 555 g/mol. The first kappa shape index (κ1) is 25.8. The highest BCUT2D eigenvalue weighted by Gasteiger charge is 2.39. The van der Waals surface area contributed by atoms with Crippen molar-refractivity contribution in [2.75, 3.05) is 42.7 Å². The maximum atomic E-state index is 13.1. The molecule has 0 radical (unpaired) electrons. The van der Waals surface area contributed by atoms with Crippen molar-refractivity contribution in [3.05, 3.63) is 47.4 Å². The van der Waals surface area contributed by atoms with E-state index in [-0.39, 0.29) is 5.95 Å². The maximum Gasteiger partial charge on any atom is 0.433 e. The molecular formula is C23H25F3N6O3S2. The third kappa shape index (κ3) is 5.56. The normalized spacial score (nSPS) is 18.5. The van der Waals surface area contributed by atoms with Crippen molar-refractivity contribution >= 4 is 38.7 Å². The smallest absolute Gasteiger partial charge is 0.383 e. The van der Waals surface area contributed by atoms with Crippen LogP contribution in [0.25, 0.3) is 10.4 Å². The number of anilines is 3. The van der Waals surface area contributed by atoms with Crippen molar-refractivity contribution in [3.63, 3.8) is 0 Å². The molecule has 1 aliphatic carbocycles. The van der Waals surface area contributed by atoms with E-state index >= 15 is 0 Å². The van der Waals surface area contributed by atoms with E-state index in [9.17, 15) is 26.7 Å². The summed E-state index contributed by atoms with van der Waals surface area (Å²) in [4.78, 5) is 14.8. The van der Waals surface area contributed by atoms with Gasteiger partial charge in [0, 0.05) is 49.9 Å². The standard InChI is InChI=1S/C23H25F3N6O3S2/c1-37(34,35)32-9-7-31(8-10-32)17-12-15(18-14-28-20(36-18)22(33)4-2-5-22)11-16(13-17)29-21-27-6-3-19(30-21)23(24,25)26/h3,6,11-14,33H,2,4-5,7-10H2,1H3,(H,27,29,30). The highest BCUT2D eigenvalue weighted by Crippen LogP contribution is 2.44. The van der Waals surface area contributed by atoms with Crippen LogP contribution in [-0.2, 0) is 21.8 Å². The number of aromatic nitrogens is 3. The molecule has 2 aromatic heterocycles. The second kappa shape index (κ2) is 9.49. The lowest BCUT2D eigenvalue weighted by Crippen LogP contribution is -2.48. The van der Waals surface area contributed by atoms with Crippen LogP contribution in [0.5, 0.6) is 0 Å². The predicted molar refractivity (Wildman–Crippen MR) is 134 cm³/mol. The van der Waals surface area contributed by atoms with Crippen LogP contribution in [0.4, 0.5) is 30.5 Å². The molecule has 2 aliphatic rings. The molecule has 9 nitrogen and oxygen atoms in total. The quantitative estimate of drug-likeness (QED) is 0.473. The molecule has 2 N–H and O–H groups in total. The summed E-state index contributed by atoms with van der Waals surface area (Å²) in [7, 11) is -3.30. The molecule has 1 saturated heterocycles. The van der Waals surface area contributed by atoms with Crippen molar-refractivity contribution in [2.45, 2.75) is 31.0 Å². The highest BCUT2D eigenvalue weighted by atomic mass is 32.2. The first-order valence-corrected chi connectivity index (χ1v) is 14.3. The van der Waals surface area contributed by atoms with Gasteiger partial charge in [-0.05, 0) is 49.1 Å². The fourth-order valence-electron chi connectivity index (χ4n) is 4.34. The highest BCUT2D eigenvalue weighted by molar-refractivity contribution is 7.88. The van der Waals surface area contributed by atoms with Crippen LogP contribution < -0.4 is 10.2 Å². The number of rotatable bonds is 6. The monoisotopic (exact) mass is 554 g/mol. The second-order valence-corrected chi connectivity index (χ2v) is 12.2. The number of halogens is 3. The number of piperazine rings is 1. The van der Waals surface area contributed by atoms with E-state index < -0.39 is 27.5 Å². The van der Waals surface area contributed by atoms with E-state index in [4.69, 9.17) is 0 Å². The summed E-state index contributed by atoms with van der Waals surface area (Å²) in [5, 5.41) is 14.2. The van der Waals surface area contributed by atoms with E-state index in [1.807, 2.05) is 11.0 Å². The Balaban J connectivity index is 1.48. The Labute approximate surface area is 216 Å². The van der Waals surface area contributed by atoms with Crippen molar-refractivity contribution in [1.29, 1.82) is 0 Å². The molecule has 0 atom stereocenters. The molecule has 5 rings (SSSR count). The van der Waals surface area contributed by atoms with Gasteiger partial charge in [0.1, 0.15) is 16.3 Å². The number of sulfonamides is 1. The van der Waals surface area contributed by atoms with Gasteiger partial charge in [0.15, 0.2) is 0 Å². The predicted octanol–water partition coefficient (Wildman–Crippen LogP) is 3.82. The van der Waals surface area contributed by atoms with Crippen molar-refractivity contribution in [2.24, 2.45) is 0 Å². The van der Waals surface area contributed by atoms with Gasteiger partial charge in [-0.1, -0.05) is 0 Å². The van der Waals surface area contributed by atoms with Gasteiger partial charge in [0.25, 0.3) is 0 Å². The van der Waals surface area contributed by atoms with Gasteiger partial charge in [-0.15, -0.1) is 11.3 Å². The number of alkyl halides is 3. The van der Waals surface area contributed by atoms with E-state index in [0.29, 0.717) is 49.7 Å². The van der Waals surface area contributed by atoms with E-state index in [1.54, 1.807) is 18.3 Å². The summed E-state index contributed by atoms with van der Waals surface area (Å²) in [6.45, 7) is 1.54. The van der Waals surface area contributed by atoms with Crippen LogP contribution in [-0.4, -0.2) is 65.2 Å². The third-order valence-corrected chi connectivity index (χ3v) is 9.10. The first-order valence-electron chi connectivity index (χ1n) is 11.6. The van der Waals surface area contributed by atoms with Gasteiger partial charge in [0.2, 0.25) is 16.0 Å². The molecule has 14 heteroatoms. The molecular weight excluding hydrogens is 529 g/mol. The van der Waals surface area contributed by atoms with Crippen molar-refractivity contribution in [1.82, 2.24) is 19.3 Å². The minimum Gasteiger partial charge on any atom is -0.383 e. The number of aliphatic hydroxyl groups is 1. The first-order chi connectivity index (χ1) is 17.4. The van der Waals surface area contributed by atoms with Crippen molar-refractivity contribution < 1.29 is 26.7 Å². The van der Waals surface area contributed by atoms with Gasteiger partial charge < -0.3 is 15.3 Å². The minimum absolute atomic E-state index is 0.200. The fraction of sp³-hybridized carbons (Fsp3) is 0.435. The van der Waals surface area contributed by atoms with Crippen LogP contribution in [0.1, 0.15) is 30.0 Å². The Hall–Kier alpha value is -2.81. The van der Waals surface area contributed by atoms with Crippen LogP contribution in [0.2, 0.25) is 0 Å². The van der Waals surface area contributed by atoms with Crippen LogP contribution >= 0.6 is 11.3 Å². The zero-order chi connectivity index (χ0) is 26.4. The van der Waals surface area contributed by atoms with Gasteiger partial charge in [-0.25, -0.2) is 23.4 Å². The van der Waals surface area contributed by atoms with Crippen LogP contribution in [0, 0.1) is 0 Å². The summed E-state index contributed by atoms with van der Waals surface area (Å²) >= 11 is 1.37. The fourth-order valence-corrected chi connectivity index (χ4v) is 6.22. The molecule has 198 valence electrons. The number of hydrogen-bond donors (Lipinski definition) is 2. The molecule has 3 heterocycles. The topological polar surface area (TPSA) is 112 Å². The zero-order valence-electron chi connectivity index (χ0n) is 19.9. The lowest BCUT2D eigenvalue weighted by atomic mass is 9.81. The summed E-state index contributed by atoms with van der Waals surface area (Å²) in [5.74, 6) is -0.200. The number of thiazole rings is 1. The average Bonchev–Trinajstić information content (AvgIpc) is 3.32. The number of nitrogens with zero attached hydrogens (tertiary/aromatic N) is 5. The molecule has 2 fully saturated rings. The Morgan fingerprint density at radius 3 is 2.46 bits per heavy atom. The number of hydrogen-bond acceptors (Lipinski definition) is 9. The molecule has 1 aromatic carbocycles. The van der Waals surface area contributed by atoms with E-state index in [0.717, 1.165) is 34.8 Å². The largest absolute Gasteiger partial charge is 0.433 e. The van der Waals surface area contributed by atoms with Gasteiger partial charge in [-0.2, -0.15) is 17.5 Å². The minimum atomic E-state index is -4.60. The summed E-state index contributed by atoms with van der Waals surface area (Å²) in [6, 6.07) is 6.27. The number of benzene rings is 1. The molecule has 1 aliphatic heterocycles. The Morgan fingerprint density at radius 2 is 1.84 bits per heavy atom. The molecule has 0 amide bonds. The molecule has 0 unspecified atom stereocenters. The zero-order valence-corrected chi connectivity index (χ0v) is 21.5. The SMILES string of the molecule is CS(=O)(=O)N1CCN(c2cc(Nc3nccc(C(F)(F)F)n3)cc(-c3cnc(C4(O)CCC4)s3)c2)CC1. The molecule has 37 heavy (non-hydrogen) atoms. The van der Waals surface area contributed by atoms with E-state index in [1.165, 1.54) is 21.9 Å². The molecule has 1 saturated carbocycles. The Bertz CT molecular complexity index is 1400. The molecule has 0 spiro atoms. The van der Waals surface area contributed by atoms with Gasteiger partial charge in [-0.3, -0.25) is 0 Å². The van der Waals surface area contributed by atoms with Crippen LogP contribution in [0.15, 0.2) is 36.7 Å². The molecule has 3 aromatic rings. The molecule has 0 bridgehead atoms. The number of nitrogens with one attached hydrogen (secondary N) is 1. The Morgan fingerprint density at radius 1 is 1.11 bits per heavy atom. The summed E-state index contributed by atoms with van der Waals surface area (Å²) < 4.78 is 64.7. The third-order valence-electron chi connectivity index (χ3n) is 6.56. The second-order valence-electron chi connectivity index (χ2n) is 9.22. The summed E-state index contributed by atoms with van der Waals surface area (Å²) in [5.41, 5.74) is 0.0190. The van der Waals surface area contributed by atoms with Crippen LogP contribution in [0.3, 0.4) is 0 Å².